The lowest BCUT2D eigenvalue weighted by molar-refractivity contribution is 0.409. The second-order valence-electron chi connectivity index (χ2n) is 9.61. The summed E-state index contributed by atoms with van der Waals surface area (Å²) in [5.41, 5.74) is 9.07. The van der Waals surface area contributed by atoms with Crippen LogP contribution in [0.4, 0.5) is 10.2 Å². The highest BCUT2D eigenvalue weighted by Crippen LogP contribution is 2.43. The number of hydrogen-bond donors (Lipinski definition) is 1. The van der Waals surface area contributed by atoms with E-state index in [-0.39, 0.29) is 21.4 Å². The van der Waals surface area contributed by atoms with Crippen molar-refractivity contribution in [2.24, 2.45) is 0 Å². The lowest BCUT2D eigenvalue weighted by Crippen LogP contribution is -2.38. The maximum absolute atomic E-state index is 14.2. The van der Waals surface area contributed by atoms with Crippen LogP contribution in [0, 0.1) is 5.82 Å². The predicted octanol–water partition coefficient (Wildman–Crippen LogP) is 6.44. The van der Waals surface area contributed by atoms with Gasteiger partial charge in [0.15, 0.2) is 5.82 Å². The maximum atomic E-state index is 14.2. The summed E-state index contributed by atoms with van der Waals surface area (Å²) in [6.45, 7) is 0. The molecule has 0 saturated carbocycles. The van der Waals surface area contributed by atoms with Crippen LogP contribution >= 0.6 is 0 Å². The molecule has 0 aliphatic rings. The average Bonchev–Trinajstić information content (AvgIpc) is 3.34. The molecule has 0 bridgehead atoms. The van der Waals surface area contributed by atoms with Crippen molar-refractivity contribution in [3.63, 3.8) is 0 Å². The second-order valence-corrected chi connectivity index (χ2v) is 11.6. The molecule has 1 aromatic heterocycles. The van der Waals surface area contributed by atoms with Crippen molar-refractivity contribution in [3.05, 3.63) is 150 Å². The fourth-order valence-corrected chi connectivity index (χ4v) is 6.73. The SMILES string of the molecule is COc1cc(F)cc(S(=O)(=O)c2ccc3c(c2)c(N)nn3C(c2ccccc2)(c2ccccc2)c2ccccc2)c1. The van der Waals surface area contributed by atoms with Gasteiger partial charge in [0.25, 0.3) is 0 Å². The quantitative estimate of drug-likeness (QED) is 0.226. The number of sulfone groups is 1. The zero-order valence-corrected chi connectivity index (χ0v) is 22.9. The van der Waals surface area contributed by atoms with Crippen molar-refractivity contribution in [3.8, 4) is 5.75 Å². The number of ether oxygens (including phenoxy) is 1. The Hall–Kier alpha value is -4.95. The normalized spacial score (nSPS) is 12.0. The second kappa shape index (κ2) is 10.2. The summed E-state index contributed by atoms with van der Waals surface area (Å²) in [6, 6.07) is 38.1. The van der Waals surface area contributed by atoms with Gasteiger partial charge in [-0.15, -0.1) is 0 Å². The Bertz CT molecular complexity index is 1860. The van der Waals surface area contributed by atoms with Crippen LogP contribution in [0.2, 0.25) is 0 Å². The Morgan fingerprint density at radius 2 is 1.27 bits per heavy atom. The lowest BCUT2D eigenvalue weighted by atomic mass is 9.77. The summed E-state index contributed by atoms with van der Waals surface area (Å²) in [4.78, 5) is -0.250. The van der Waals surface area contributed by atoms with Gasteiger partial charge < -0.3 is 10.5 Å². The van der Waals surface area contributed by atoms with E-state index in [1.54, 1.807) is 6.07 Å². The summed E-state index contributed by atoms with van der Waals surface area (Å²) < 4.78 is 48.3. The number of halogens is 1. The van der Waals surface area contributed by atoms with Gasteiger partial charge in [-0.1, -0.05) is 91.0 Å². The monoisotopic (exact) mass is 563 g/mol. The summed E-state index contributed by atoms with van der Waals surface area (Å²) >= 11 is 0. The van der Waals surface area contributed by atoms with Crippen molar-refractivity contribution >= 4 is 26.6 Å². The summed E-state index contributed by atoms with van der Waals surface area (Å²) in [6.07, 6.45) is 0. The number of hydrogen-bond acceptors (Lipinski definition) is 5. The number of aromatic nitrogens is 2. The summed E-state index contributed by atoms with van der Waals surface area (Å²) in [5.74, 6) is -0.439. The first-order valence-corrected chi connectivity index (χ1v) is 14.4. The van der Waals surface area contributed by atoms with Crippen LogP contribution in [0.3, 0.4) is 0 Å². The van der Waals surface area contributed by atoms with Crippen molar-refractivity contribution < 1.29 is 17.5 Å². The van der Waals surface area contributed by atoms with E-state index >= 15 is 0 Å². The first-order valence-electron chi connectivity index (χ1n) is 12.9. The number of nitrogen functional groups attached to an aromatic ring is 1. The van der Waals surface area contributed by atoms with E-state index in [4.69, 9.17) is 15.6 Å². The number of rotatable bonds is 7. The molecule has 1 heterocycles. The molecule has 8 heteroatoms. The van der Waals surface area contributed by atoms with Crippen LogP contribution in [0.1, 0.15) is 16.7 Å². The molecule has 2 N–H and O–H groups in total. The van der Waals surface area contributed by atoms with Crippen molar-refractivity contribution in [2.45, 2.75) is 15.3 Å². The highest BCUT2D eigenvalue weighted by Gasteiger charge is 2.41. The van der Waals surface area contributed by atoms with E-state index in [0.29, 0.717) is 10.9 Å². The fourth-order valence-electron chi connectivity index (χ4n) is 5.39. The van der Waals surface area contributed by atoms with Crippen molar-refractivity contribution in [1.29, 1.82) is 0 Å². The minimum absolute atomic E-state index is 0.0337. The van der Waals surface area contributed by atoms with E-state index in [1.165, 1.54) is 25.3 Å². The van der Waals surface area contributed by atoms with Gasteiger partial charge in [0.2, 0.25) is 9.84 Å². The van der Waals surface area contributed by atoms with E-state index in [1.807, 2.05) is 95.7 Å². The number of benzene rings is 5. The molecule has 6 aromatic rings. The molecule has 0 spiro atoms. The molecule has 0 aliphatic heterocycles. The molecule has 204 valence electrons. The lowest BCUT2D eigenvalue weighted by Gasteiger charge is -2.37. The van der Waals surface area contributed by atoms with Gasteiger partial charge in [-0.05, 0) is 47.0 Å². The van der Waals surface area contributed by atoms with Crippen molar-refractivity contribution in [2.75, 3.05) is 12.8 Å². The Balaban J connectivity index is 1.64. The van der Waals surface area contributed by atoms with Crippen LogP contribution < -0.4 is 10.5 Å². The molecule has 0 radical (unpaired) electrons. The van der Waals surface area contributed by atoms with Crippen LogP contribution in [0.15, 0.2) is 137 Å². The number of nitrogens with two attached hydrogens (primary N) is 1. The van der Waals surface area contributed by atoms with Gasteiger partial charge in [0.05, 0.1) is 22.4 Å². The van der Waals surface area contributed by atoms with E-state index in [9.17, 15) is 12.8 Å². The third-order valence-electron chi connectivity index (χ3n) is 7.27. The number of methoxy groups -OCH3 is 1. The smallest absolute Gasteiger partial charge is 0.206 e. The van der Waals surface area contributed by atoms with Crippen LogP contribution in [0.5, 0.6) is 5.75 Å². The molecule has 0 unspecified atom stereocenters. The number of fused-ring (bicyclic) bond motifs is 1. The van der Waals surface area contributed by atoms with Gasteiger partial charge in [0.1, 0.15) is 17.1 Å². The molecule has 0 fully saturated rings. The molecule has 0 aliphatic carbocycles. The minimum atomic E-state index is -4.10. The molecule has 0 atom stereocenters. The highest BCUT2D eigenvalue weighted by atomic mass is 32.2. The number of nitrogens with zero attached hydrogens (tertiary/aromatic N) is 2. The molecular formula is C33H26FN3O3S. The molecule has 41 heavy (non-hydrogen) atoms. The van der Waals surface area contributed by atoms with Gasteiger partial charge in [0, 0.05) is 11.5 Å². The predicted molar refractivity (Wildman–Crippen MR) is 157 cm³/mol. The largest absolute Gasteiger partial charge is 0.497 e. The van der Waals surface area contributed by atoms with Crippen LogP contribution in [-0.4, -0.2) is 25.3 Å². The van der Waals surface area contributed by atoms with Gasteiger partial charge in [-0.2, -0.15) is 5.10 Å². The molecule has 6 rings (SSSR count). The van der Waals surface area contributed by atoms with Gasteiger partial charge in [-0.3, -0.25) is 0 Å². The average molecular weight is 564 g/mol. The highest BCUT2D eigenvalue weighted by molar-refractivity contribution is 7.91. The fraction of sp³-hybridized carbons (Fsp3) is 0.0606. The zero-order chi connectivity index (χ0) is 28.6. The van der Waals surface area contributed by atoms with Gasteiger partial charge in [-0.25, -0.2) is 17.5 Å². The Morgan fingerprint density at radius 1 is 0.732 bits per heavy atom. The van der Waals surface area contributed by atoms with E-state index in [0.717, 1.165) is 28.8 Å². The third kappa shape index (κ3) is 4.33. The zero-order valence-electron chi connectivity index (χ0n) is 22.1. The Labute approximate surface area is 237 Å². The van der Waals surface area contributed by atoms with Gasteiger partial charge >= 0.3 is 0 Å². The molecule has 5 aromatic carbocycles. The van der Waals surface area contributed by atoms with Crippen LogP contribution in [0.25, 0.3) is 10.9 Å². The summed E-state index contributed by atoms with van der Waals surface area (Å²) in [5, 5.41) is 5.31. The first kappa shape index (κ1) is 26.3. The van der Waals surface area contributed by atoms with Crippen molar-refractivity contribution in [1.82, 2.24) is 9.78 Å². The Morgan fingerprint density at radius 3 is 1.78 bits per heavy atom. The molecule has 0 saturated heterocycles. The van der Waals surface area contributed by atoms with E-state index in [2.05, 4.69) is 0 Å². The van der Waals surface area contributed by atoms with E-state index < -0.39 is 21.2 Å². The first-order chi connectivity index (χ1) is 19.9. The molecule has 0 amide bonds. The minimum Gasteiger partial charge on any atom is -0.497 e. The molecular weight excluding hydrogens is 537 g/mol. The number of anilines is 1. The standard InChI is InChI=1S/C33H26FN3O3S/c1-40-27-19-26(34)20-29(21-27)41(38,39)28-17-18-31-30(22-28)32(35)36-37(31)33(23-11-5-2-6-12-23,24-13-7-3-8-14-24)25-15-9-4-10-16-25/h2-22H,1H3,(H2,35,36). The van der Waals surface area contributed by atoms with Crippen LogP contribution in [-0.2, 0) is 15.4 Å². The molecule has 6 nitrogen and oxygen atoms in total. The summed E-state index contributed by atoms with van der Waals surface area (Å²) in [7, 11) is -2.75. The maximum Gasteiger partial charge on any atom is 0.206 e. The topological polar surface area (TPSA) is 87.2 Å². The Kier molecular flexibility index (Phi) is 6.55. The third-order valence-corrected chi connectivity index (χ3v) is 9.00.